The Bertz CT molecular complexity index is 1400. The van der Waals surface area contributed by atoms with Crippen LogP contribution in [0.5, 0.6) is 0 Å². The molecule has 4 aromatic rings. The molecule has 34 heavy (non-hydrogen) atoms. The number of rotatable bonds is 7. The van der Waals surface area contributed by atoms with Gasteiger partial charge in [-0.15, -0.1) is 0 Å². The molecule has 1 aliphatic rings. The fourth-order valence-corrected chi connectivity index (χ4v) is 4.70. The first-order valence-electron chi connectivity index (χ1n) is 11.1. The molecule has 0 amide bonds. The number of morpholine rings is 1. The number of fused-ring (bicyclic) bond motifs is 1. The second-order valence-electron chi connectivity index (χ2n) is 8.25. The molecule has 1 aliphatic heterocycles. The Morgan fingerprint density at radius 1 is 1.15 bits per heavy atom. The topological polar surface area (TPSA) is 113 Å². The van der Waals surface area contributed by atoms with Crippen LogP contribution in [-0.2, 0) is 21.0 Å². The van der Waals surface area contributed by atoms with E-state index in [-0.39, 0.29) is 4.90 Å². The molecule has 3 aromatic heterocycles. The quantitative estimate of drug-likeness (QED) is 0.417. The number of nitrogens with zero attached hydrogens (tertiary/aromatic N) is 4. The lowest BCUT2D eigenvalue weighted by Gasteiger charge is -2.28. The SMILES string of the molecule is CS(=O)(=O)c1cc(-c2cc(N3CCOCC3)nc(NCCc3cccnc3)n2)c2cc[nH]c2c1. The molecule has 0 spiro atoms. The molecule has 2 N–H and O–H groups in total. The second kappa shape index (κ2) is 9.40. The summed E-state index contributed by atoms with van der Waals surface area (Å²) in [6.45, 7) is 3.37. The van der Waals surface area contributed by atoms with Gasteiger partial charge in [-0.25, -0.2) is 13.4 Å². The molecule has 4 heterocycles. The minimum Gasteiger partial charge on any atom is -0.378 e. The van der Waals surface area contributed by atoms with Crippen LogP contribution in [0.15, 0.2) is 59.9 Å². The van der Waals surface area contributed by atoms with Crippen molar-refractivity contribution < 1.29 is 13.2 Å². The monoisotopic (exact) mass is 478 g/mol. The van der Waals surface area contributed by atoms with Gasteiger partial charge in [-0.05, 0) is 36.2 Å². The third-order valence-corrected chi connectivity index (χ3v) is 6.91. The molecule has 0 radical (unpaired) electrons. The van der Waals surface area contributed by atoms with Gasteiger partial charge in [-0.2, -0.15) is 4.98 Å². The molecule has 176 valence electrons. The normalized spacial score (nSPS) is 14.4. The number of nitrogens with one attached hydrogen (secondary N) is 2. The Balaban J connectivity index is 1.54. The van der Waals surface area contributed by atoms with Gasteiger partial charge in [0.15, 0.2) is 9.84 Å². The van der Waals surface area contributed by atoms with Crippen LogP contribution in [0.3, 0.4) is 0 Å². The standard InChI is InChI=1S/C24H26N6O3S/c1-34(31,32)18-13-20(19-5-8-26-21(19)14-18)22-15-23(30-9-11-33-12-10-30)29-24(28-22)27-7-4-17-3-2-6-25-16-17/h2-3,5-6,8,13-16,26H,4,7,9-12H2,1H3,(H,27,28,29). The van der Waals surface area contributed by atoms with E-state index in [0.29, 0.717) is 31.4 Å². The summed E-state index contributed by atoms with van der Waals surface area (Å²) in [4.78, 5) is 19.2. The van der Waals surface area contributed by atoms with Gasteiger partial charge in [-0.1, -0.05) is 6.07 Å². The van der Waals surface area contributed by atoms with Gasteiger partial charge < -0.3 is 19.9 Å². The predicted octanol–water partition coefficient (Wildman–Crippen LogP) is 2.91. The maximum atomic E-state index is 12.4. The number of benzene rings is 1. The van der Waals surface area contributed by atoms with Crippen molar-refractivity contribution in [3.05, 3.63) is 60.6 Å². The first-order valence-corrected chi connectivity index (χ1v) is 13.0. The molecular weight excluding hydrogens is 452 g/mol. The molecule has 10 heteroatoms. The predicted molar refractivity (Wildman–Crippen MR) is 132 cm³/mol. The summed E-state index contributed by atoms with van der Waals surface area (Å²) in [7, 11) is -3.40. The van der Waals surface area contributed by atoms with Crippen molar-refractivity contribution in [3.63, 3.8) is 0 Å². The lowest BCUT2D eigenvalue weighted by atomic mass is 10.1. The number of H-pyrrole nitrogens is 1. The summed E-state index contributed by atoms with van der Waals surface area (Å²) in [5.74, 6) is 1.28. The van der Waals surface area contributed by atoms with Crippen molar-refractivity contribution in [2.75, 3.05) is 49.3 Å². The molecule has 0 bridgehead atoms. The maximum Gasteiger partial charge on any atom is 0.225 e. The number of aromatic amines is 1. The number of hydrogen-bond acceptors (Lipinski definition) is 8. The smallest absolute Gasteiger partial charge is 0.225 e. The van der Waals surface area contributed by atoms with Crippen LogP contribution in [0.25, 0.3) is 22.2 Å². The first-order chi connectivity index (χ1) is 16.5. The summed E-state index contributed by atoms with van der Waals surface area (Å²) in [6, 6.07) is 11.2. The average molecular weight is 479 g/mol. The molecule has 1 fully saturated rings. The van der Waals surface area contributed by atoms with E-state index < -0.39 is 9.84 Å². The van der Waals surface area contributed by atoms with Crippen molar-refractivity contribution in [2.45, 2.75) is 11.3 Å². The number of sulfone groups is 1. The van der Waals surface area contributed by atoms with E-state index in [1.54, 1.807) is 24.5 Å². The zero-order valence-corrected chi connectivity index (χ0v) is 19.7. The van der Waals surface area contributed by atoms with Crippen molar-refractivity contribution in [1.29, 1.82) is 0 Å². The Morgan fingerprint density at radius 3 is 2.76 bits per heavy atom. The highest BCUT2D eigenvalue weighted by molar-refractivity contribution is 7.90. The van der Waals surface area contributed by atoms with E-state index in [0.717, 1.165) is 47.4 Å². The number of ether oxygens (including phenoxy) is 1. The fourth-order valence-electron chi connectivity index (χ4n) is 4.04. The lowest BCUT2D eigenvalue weighted by Crippen LogP contribution is -2.37. The zero-order valence-electron chi connectivity index (χ0n) is 18.9. The van der Waals surface area contributed by atoms with Crippen molar-refractivity contribution in [3.8, 4) is 11.3 Å². The van der Waals surface area contributed by atoms with Crippen LogP contribution < -0.4 is 10.2 Å². The van der Waals surface area contributed by atoms with E-state index in [4.69, 9.17) is 14.7 Å². The number of aromatic nitrogens is 4. The summed E-state index contributed by atoms with van der Waals surface area (Å²) < 4.78 is 30.2. The maximum absolute atomic E-state index is 12.4. The summed E-state index contributed by atoms with van der Waals surface area (Å²) in [6.07, 6.45) is 7.39. The lowest BCUT2D eigenvalue weighted by molar-refractivity contribution is 0.122. The Hall–Kier alpha value is -3.50. The van der Waals surface area contributed by atoms with Gasteiger partial charge in [0.2, 0.25) is 5.95 Å². The van der Waals surface area contributed by atoms with Gasteiger partial charge in [-0.3, -0.25) is 4.98 Å². The van der Waals surface area contributed by atoms with Gasteiger partial charge in [0.25, 0.3) is 0 Å². The van der Waals surface area contributed by atoms with Gasteiger partial charge >= 0.3 is 0 Å². The number of pyridine rings is 1. The first kappa shape index (κ1) is 22.3. The third kappa shape index (κ3) is 4.87. The molecule has 1 aromatic carbocycles. The van der Waals surface area contributed by atoms with Gasteiger partial charge in [0, 0.05) is 67.0 Å². The summed E-state index contributed by atoms with van der Waals surface area (Å²) >= 11 is 0. The van der Waals surface area contributed by atoms with Crippen LogP contribution in [0.4, 0.5) is 11.8 Å². The van der Waals surface area contributed by atoms with E-state index >= 15 is 0 Å². The van der Waals surface area contributed by atoms with Crippen LogP contribution in [-0.4, -0.2) is 67.5 Å². The van der Waals surface area contributed by atoms with Gasteiger partial charge in [0.05, 0.1) is 23.8 Å². The Morgan fingerprint density at radius 2 is 2.00 bits per heavy atom. The summed E-state index contributed by atoms with van der Waals surface area (Å²) in [5.41, 5.74) is 3.27. The molecule has 0 atom stereocenters. The highest BCUT2D eigenvalue weighted by Crippen LogP contribution is 2.32. The number of hydrogen-bond donors (Lipinski definition) is 2. The minimum atomic E-state index is -3.40. The number of anilines is 2. The van der Waals surface area contributed by atoms with E-state index in [1.165, 1.54) is 6.26 Å². The second-order valence-corrected chi connectivity index (χ2v) is 10.3. The van der Waals surface area contributed by atoms with Crippen LogP contribution in [0, 0.1) is 0 Å². The van der Waals surface area contributed by atoms with Crippen molar-refractivity contribution >= 4 is 32.5 Å². The Labute approximate surface area is 198 Å². The highest BCUT2D eigenvalue weighted by Gasteiger charge is 2.19. The van der Waals surface area contributed by atoms with Crippen LogP contribution >= 0.6 is 0 Å². The van der Waals surface area contributed by atoms with Crippen LogP contribution in [0.2, 0.25) is 0 Å². The third-order valence-electron chi connectivity index (χ3n) is 5.81. The van der Waals surface area contributed by atoms with E-state index in [2.05, 4.69) is 20.2 Å². The molecule has 0 unspecified atom stereocenters. The minimum absolute atomic E-state index is 0.245. The van der Waals surface area contributed by atoms with Crippen LogP contribution in [0.1, 0.15) is 5.56 Å². The molecule has 0 aliphatic carbocycles. The highest BCUT2D eigenvalue weighted by atomic mass is 32.2. The van der Waals surface area contributed by atoms with Gasteiger partial charge in [0.1, 0.15) is 5.82 Å². The van der Waals surface area contributed by atoms with E-state index in [9.17, 15) is 8.42 Å². The van der Waals surface area contributed by atoms with Crippen molar-refractivity contribution in [1.82, 2.24) is 19.9 Å². The zero-order chi connectivity index (χ0) is 23.5. The molecule has 5 rings (SSSR count). The molecular formula is C24H26N6O3S. The largest absolute Gasteiger partial charge is 0.378 e. The molecule has 9 nitrogen and oxygen atoms in total. The molecule has 0 saturated carbocycles. The molecule has 1 saturated heterocycles. The average Bonchev–Trinajstić information content (AvgIpc) is 3.33. The van der Waals surface area contributed by atoms with Crippen molar-refractivity contribution in [2.24, 2.45) is 0 Å². The fraction of sp³-hybridized carbons (Fsp3) is 0.292. The van der Waals surface area contributed by atoms with E-state index in [1.807, 2.05) is 30.5 Å². The summed E-state index contributed by atoms with van der Waals surface area (Å²) in [5, 5.41) is 4.24. The Kier molecular flexibility index (Phi) is 6.16.